The number of rotatable bonds is 2. The van der Waals surface area contributed by atoms with E-state index in [1.807, 2.05) is 20.8 Å². The minimum absolute atomic E-state index is 0.208. The number of esters is 1. The number of benzene rings is 1. The van der Waals surface area contributed by atoms with Crippen LogP contribution < -0.4 is 5.73 Å². The summed E-state index contributed by atoms with van der Waals surface area (Å²) in [7, 11) is 0. The van der Waals surface area contributed by atoms with E-state index in [2.05, 4.69) is 15.9 Å². The van der Waals surface area contributed by atoms with Gasteiger partial charge in [0.05, 0.1) is 10.5 Å². The second-order valence-electron chi connectivity index (χ2n) is 4.53. The molecule has 0 radical (unpaired) electrons. The fourth-order valence-electron chi connectivity index (χ4n) is 1.14. The van der Waals surface area contributed by atoms with Crippen LogP contribution in [-0.2, 0) is 4.74 Å². The van der Waals surface area contributed by atoms with Crippen molar-refractivity contribution in [2.75, 3.05) is 0 Å². The van der Waals surface area contributed by atoms with Gasteiger partial charge in [0.15, 0.2) is 0 Å². The van der Waals surface area contributed by atoms with Gasteiger partial charge in [0.2, 0.25) is 0 Å². The summed E-state index contributed by atoms with van der Waals surface area (Å²) in [6, 6.07) is 7.03. The Morgan fingerprint density at radius 2 is 1.81 bits per heavy atom. The van der Waals surface area contributed by atoms with Gasteiger partial charge in [0.1, 0.15) is 5.60 Å². The molecule has 0 aliphatic heterocycles. The molecule has 0 heterocycles. The van der Waals surface area contributed by atoms with E-state index in [1.165, 1.54) is 0 Å². The first-order chi connectivity index (χ1) is 7.29. The summed E-state index contributed by atoms with van der Waals surface area (Å²) < 4.78 is 5.24. The van der Waals surface area contributed by atoms with Crippen molar-refractivity contribution in [3.63, 3.8) is 0 Å². The third-order valence-electron chi connectivity index (χ3n) is 1.86. The van der Waals surface area contributed by atoms with E-state index >= 15 is 0 Å². The highest BCUT2D eigenvalue weighted by Crippen LogP contribution is 2.18. The Balaban J connectivity index is 2.78. The fraction of sp³-hybridized carbons (Fsp3) is 0.417. The summed E-state index contributed by atoms with van der Waals surface area (Å²) in [6.45, 7) is 5.52. The molecule has 0 bridgehead atoms. The average molecular weight is 286 g/mol. The molecule has 0 fully saturated rings. The van der Waals surface area contributed by atoms with Crippen LogP contribution in [0, 0.1) is 0 Å². The lowest BCUT2D eigenvalue weighted by molar-refractivity contribution is 0.00695. The van der Waals surface area contributed by atoms with Crippen LogP contribution in [0.2, 0.25) is 0 Å². The predicted octanol–water partition coefficient (Wildman–Crippen LogP) is 2.99. The molecular formula is C12H16BrNO2. The van der Waals surface area contributed by atoms with Crippen molar-refractivity contribution in [1.82, 2.24) is 0 Å². The maximum atomic E-state index is 11.7. The van der Waals surface area contributed by atoms with Crippen LogP contribution >= 0.6 is 15.9 Å². The van der Waals surface area contributed by atoms with Gasteiger partial charge in [-0.2, -0.15) is 0 Å². The molecule has 1 rings (SSSR count). The van der Waals surface area contributed by atoms with E-state index in [-0.39, 0.29) is 10.9 Å². The average Bonchev–Trinajstić information content (AvgIpc) is 2.15. The number of ether oxygens (including phenoxy) is 1. The molecule has 0 amide bonds. The predicted molar refractivity (Wildman–Crippen MR) is 67.5 cm³/mol. The molecule has 1 atom stereocenters. The monoisotopic (exact) mass is 285 g/mol. The molecule has 0 saturated heterocycles. The van der Waals surface area contributed by atoms with Gasteiger partial charge >= 0.3 is 5.97 Å². The van der Waals surface area contributed by atoms with E-state index in [9.17, 15) is 4.79 Å². The van der Waals surface area contributed by atoms with Gasteiger partial charge in [-0.15, -0.1) is 0 Å². The highest BCUT2D eigenvalue weighted by molar-refractivity contribution is 9.09. The highest BCUT2D eigenvalue weighted by Gasteiger charge is 2.17. The van der Waals surface area contributed by atoms with E-state index in [0.717, 1.165) is 5.56 Å². The van der Waals surface area contributed by atoms with E-state index < -0.39 is 5.60 Å². The summed E-state index contributed by atoms with van der Waals surface area (Å²) in [5.41, 5.74) is 6.63. The number of hydrogen-bond acceptors (Lipinski definition) is 3. The molecule has 4 heteroatoms. The lowest BCUT2D eigenvalue weighted by Crippen LogP contribution is -2.23. The second kappa shape index (κ2) is 4.97. The molecule has 0 spiro atoms. The maximum Gasteiger partial charge on any atom is 0.338 e. The van der Waals surface area contributed by atoms with E-state index in [4.69, 9.17) is 10.5 Å². The first-order valence-electron chi connectivity index (χ1n) is 5.02. The maximum absolute atomic E-state index is 11.7. The molecule has 1 aromatic carbocycles. The normalized spacial score (nSPS) is 13.3. The fourth-order valence-corrected chi connectivity index (χ4v) is 1.45. The van der Waals surface area contributed by atoms with Gasteiger partial charge in [0, 0.05) is 0 Å². The molecular weight excluding hydrogens is 270 g/mol. The molecule has 0 aromatic heterocycles. The number of alkyl halides is 1. The van der Waals surface area contributed by atoms with Crippen LogP contribution in [0.4, 0.5) is 0 Å². The number of halogens is 1. The molecule has 16 heavy (non-hydrogen) atoms. The Morgan fingerprint density at radius 3 is 2.19 bits per heavy atom. The largest absolute Gasteiger partial charge is 0.456 e. The Morgan fingerprint density at radius 1 is 1.31 bits per heavy atom. The van der Waals surface area contributed by atoms with Gasteiger partial charge in [-0.25, -0.2) is 4.79 Å². The van der Waals surface area contributed by atoms with Crippen molar-refractivity contribution in [3.8, 4) is 0 Å². The van der Waals surface area contributed by atoms with Gasteiger partial charge < -0.3 is 10.5 Å². The van der Waals surface area contributed by atoms with Crippen molar-refractivity contribution in [2.24, 2.45) is 5.73 Å². The van der Waals surface area contributed by atoms with Crippen LogP contribution in [0.25, 0.3) is 0 Å². The minimum atomic E-state index is -0.471. The topological polar surface area (TPSA) is 52.3 Å². The molecule has 3 nitrogen and oxygen atoms in total. The summed E-state index contributed by atoms with van der Waals surface area (Å²) >= 11 is 3.25. The van der Waals surface area contributed by atoms with E-state index in [0.29, 0.717) is 5.56 Å². The third kappa shape index (κ3) is 3.94. The number of carbonyl (C=O) groups is 1. The SMILES string of the molecule is CC(C)(C)OC(=O)c1ccc(C(N)Br)cc1. The molecule has 1 unspecified atom stereocenters. The van der Waals surface area contributed by atoms with Gasteiger partial charge in [-0.3, -0.25) is 0 Å². The van der Waals surface area contributed by atoms with E-state index in [1.54, 1.807) is 24.3 Å². The highest BCUT2D eigenvalue weighted by atomic mass is 79.9. The van der Waals surface area contributed by atoms with Crippen molar-refractivity contribution in [1.29, 1.82) is 0 Å². The summed E-state index contributed by atoms with van der Waals surface area (Å²) in [6.07, 6.45) is 0. The van der Waals surface area contributed by atoms with Gasteiger partial charge in [-0.05, 0) is 38.5 Å². The minimum Gasteiger partial charge on any atom is -0.456 e. The quantitative estimate of drug-likeness (QED) is 0.516. The van der Waals surface area contributed by atoms with Crippen LogP contribution in [0.3, 0.4) is 0 Å². The second-order valence-corrected chi connectivity index (χ2v) is 5.51. The Hall–Kier alpha value is -0.870. The van der Waals surface area contributed by atoms with Crippen LogP contribution in [0.5, 0.6) is 0 Å². The Labute approximate surface area is 104 Å². The first kappa shape index (κ1) is 13.2. The van der Waals surface area contributed by atoms with Crippen LogP contribution in [0.15, 0.2) is 24.3 Å². The van der Waals surface area contributed by atoms with Crippen LogP contribution in [-0.4, -0.2) is 11.6 Å². The van der Waals surface area contributed by atoms with Gasteiger partial charge in [0.25, 0.3) is 0 Å². The summed E-state index contributed by atoms with van der Waals surface area (Å²) in [5, 5.41) is 0. The van der Waals surface area contributed by atoms with Crippen molar-refractivity contribution in [2.45, 2.75) is 31.3 Å². The third-order valence-corrected chi connectivity index (χ3v) is 2.39. The molecule has 0 saturated carbocycles. The van der Waals surface area contributed by atoms with Crippen molar-refractivity contribution < 1.29 is 9.53 Å². The zero-order valence-electron chi connectivity index (χ0n) is 9.66. The lowest BCUT2D eigenvalue weighted by atomic mass is 10.1. The molecule has 2 N–H and O–H groups in total. The van der Waals surface area contributed by atoms with Crippen LogP contribution in [0.1, 0.15) is 41.6 Å². The Bertz CT molecular complexity index is 366. The Kier molecular flexibility index (Phi) is 4.10. The number of nitrogens with two attached hydrogens (primary N) is 1. The molecule has 0 aliphatic carbocycles. The standard InChI is InChI=1S/C12H16BrNO2/c1-12(2,3)16-11(15)9-6-4-8(5-7-9)10(13)14/h4-7,10H,14H2,1-3H3. The number of hydrogen-bond donors (Lipinski definition) is 1. The van der Waals surface area contributed by atoms with Crippen molar-refractivity contribution >= 4 is 21.9 Å². The zero-order valence-corrected chi connectivity index (χ0v) is 11.2. The molecule has 0 aliphatic rings. The first-order valence-corrected chi connectivity index (χ1v) is 5.94. The smallest absolute Gasteiger partial charge is 0.338 e. The lowest BCUT2D eigenvalue weighted by Gasteiger charge is -2.19. The molecule has 1 aromatic rings. The summed E-state index contributed by atoms with van der Waals surface area (Å²) in [5.74, 6) is -0.317. The van der Waals surface area contributed by atoms with Gasteiger partial charge in [-0.1, -0.05) is 28.1 Å². The molecule has 88 valence electrons. The van der Waals surface area contributed by atoms with Crippen molar-refractivity contribution in [3.05, 3.63) is 35.4 Å². The number of carbonyl (C=O) groups excluding carboxylic acids is 1. The summed E-state index contributed by atoms with van der Waals surface area (Å²) in [4.78, 5) is 11.5. The zero-order chi connectivity index (χ0) is 12.3.